The number of thiocarbonyl (C=S) groups is 1. The standard InChI is InChI=1S/C20H29NS/c1-8-11-16-15(10-3)19(20(5,6)7)13(4)18(16)17(21)12-14(22)9-2/h8-11,13,16,18,21H,2-3,12H2,1,4-7H3/b11-8+,21-17?. The van der Waals surface area contributed by atoms with Gasteiger partial charge in [-0.25, -0.2) is 0 Å². The maximum absolute atomic E-state index is 8.59. The number of nitrogens with one attached hydrogen (secondary N) is 1. The molecule has 1 aliphatic carbocycles. The lowest BCUT2D eigenvalue weighted by atomic mass is 9.76. The molecule has 1 rings (SSSR count). The highest BCUT2D eigenvalue weighted by atomic mass is 32.1. The second kappa shape index (κ2) is 7.32. The number of rotatable bonds is 6. The Hall–Kier alpha value is -1.28. The van der Waals surface area contributed by atoms with Gasteiger partial charge in [-0.1, -0.05) is 82.9 Å². The topological polar surface area (TPSA) is 23.9 Å². The van der Waals surface area contributed by atoms with Gasteiger partial charge in [0.15, 0.2) is 0 Å². The molecule has 0 fully saturated rings. The lowest BCUT2D eigenvalue weighted by Gasteiger charge is -2.29. The van der Waals surface area contributed by atoms with Crippen molar-refractivity contribution in [1.29, 1.82) is 5.41 Å². The van der Waals surface area contributed by atoms with Crippen LogP contribution < -0.4 is 0 Å². The minimum absolute atomic E-state index is 0.0801. The normalized spacial score (nSPS) is 25.6. The highest BCUT2D eigenvalue weighted by Gasteiger charge is 2.43. The summed E-state index contributed by atoms with van der Waals surface area (Å²) in [5.74, 6) is 0.720. The summed E-state index contributed by atoms with van der Waals surface area (Å²) in [5.41, 5.74) is 3.50. The van der Waals surface area contributed by atoms with Crippen LogP contribution in [0.15, 0.2) is 48.6 Å². The average Bonchev–Trinajstić information content (AvgIpc) is 2.70. The van der Waals surface area contributed by atoms with Crippen molar-refractivity contribution in [2.75, 3.05) is 0 Å². The molecule has 0 spiro atoms. The molecule has 0 saturated heterocycles. The molecule has 3 unspecified atom stereocenters. The molecule has 0 radical (unpaired) electrons. The second-order valence-corrected chi connectivity index (χ2v) is 7.59. The first-order valence-electron chi connectivity index (χ1n) is 7.91. The van der Waals surface area contributed by atoms with Crippen LogP contribution in [-0.4, -0.2) is 10.6 Å². The van der Waals surface area contributed by atoms with Crippen LogP contribution in [0.3, 0.4) is 0 Å². The summed E-state index contributed by atoms with van der Waals surface area (Å²) in [6, 6.07) is 0. The average molecular weight is 316 g/mol. The lowest BCUT2D eigenvalue weighted by Crippen LogP contribution is -2.27. The molecular formula is C20H29NS. The molecule has 0 saturated carbocycles. The van der Waals surface area contributed by atoms with Gasteiger partial charge in [0.05, 0.1) is 0 Å². The zero-order valence-electron chi connectivity index (χ0n) is 14.6. The van der Waals surface area contributed by atoms with Crippen molar-refractivity contribution in [3.05, 3.63) is 48.6 Å². The van der Waals surface area contributed by atoms with E-state index in [9.17, 15) is 0 Å². The van der Waals surface area contributed by atoms with E-state index in [1.54, 1.807) is 6.08 Å². The van der Waals surface area contributed by atoms with E-state index >= 15 is 0 Å². The Balaban J connectivity index is 3.31. The summed E-state index contributed by atoms with van der Waals surface area (Å²) >= 11 is 5.26. The molecule has 0 aromatic rings. The van der Waals surface area contributed by atoms with E-state index in [2.05, 4.69) is 53.0 Å². The quantitative estimate of drug-likeness (QED) is 0.279. The van der Waals surface area contributed by atoms with Gasteiger partial charge >= 0.3 is 0 Å². The Labute approximate surface area is 141 Å². The monoisotopic (exact) mass is 315 g/mol. The highest BCUT2D eigenvalue weighted by Crippen LogP contribution is 2.50. The van der Waals surface area contributed by atoms with Crippen LogP contribution in [0.25, 0.3) is 0 Å². The van der Waals surface area contributed by atoms with Crippen LogP contribution in [0.4, 0.5) is 0 Å². The van der Waals surface area contributed by atoms with Gasteiger partial charge in [0.1, 0.15) is 0 Å². The molecule has 120 valence electrons. The zero-order valence-corrected chi connectivity index (χ0v) is 15.4. The predicted octanol–water partition coefficient (Wildman–Crippen LogP) is 5.94. The Bertz CT molecular complexity index is 543. The van der Waals surface area contributed by atoms with Crippen LogP contribution in [0.5, 0.6) is 0 Å². The number of allylic oxidation sites excluding steroid dienone is 6. The summed E-state index contributed by atoms with van der Waals surface area (Å²) in [6.45, 7) is 18.8. The molecule has 3 atom stereocenters. The molecule has 0 aromatic heterocycles. The fourth-order valence-corrected chi connectivity index (χ4v) is 3.97. The van der Waals surface area contributed by atoms with Crippen molar-refractivity contribution in [3.8, 4) is 0 Å². The van der Waals surface area contributed by atoms with E-state index in [1.807, 2.05) is 13.0 Å². The summed E-state index contributed by atoms with van der Waals surface area (Å²) in [6.07, 6.45) is 8.49. The molecule has 0 aromatic carbocycles. The Morgan fingerprint density at radius 2 is 1.91 bits per heavy atom. The van der Waals surface area contributed by atoms with Crippen LogP contribution in [0.1, 0.15) is 41.0 Å². The van der Waals surface area contributed by atoms with Gasteiger partial charge in [0.25, 0.3) is 0 Å². The maximum atomic E-state index is 8.59. The van der Waals surface area contributed by atoms with E-state index in [-0.39, 0.29) is 17.3 Å². The zero-order chi connectivity index (χ0) is 17.1. The first kappa shape index (κ1) is 18.8. The first-order valence-corrected chi connectivity index (χ1v) is 8.32. The highest BCUT2D eigenvalue weighted by molar-refractivity contribution is 7.80. The molecular weight excluding hydrogens is 286 g/mol. The van der Waals surface area contributed by atoms with Crippen LogP contribution in [0.2, 0.25) is 0 Å². The molecule has 2 heteroatoms. The minimum atomic E-state index is 0.0801. The van der Waals surface area contributed by atoms with E-state index < -0.39 is 0 Å². The van der Waals surface area contributed by atoms with Crippen LogP contribution in [0, 0.1) is 28.6 Å². The van der Waals surface area contributed by atoms with Crippen molar-refractivity contribution < 1.29 is 0 Å². The third kappa shape index (κ3) is 3.73. The summed E-state index contributed by atoms with van der Waals surface area (Å²) in [4.78, 5) is 0.751. The molecule has 22 heavy (non-hydrogen) atoms. The first-order chi connectivity index (χ1) is 10.2. The number of hydrogen-bond acceptors (Lipinski definition) is 2. The van der Waals surface area contributed by atoms with Crippen LogP contribution >= 0.6 is 12.2 Å². The van der Waals surface area contributed by atoms with Crippen LogP contribution in [-0.2, 0) is 0 Å². The largest absolute Gasteiger partial charge is 0.309 e. The third-order valence-corrected chi connectivity index (χ3v) is 4.78. The molecule has 1 aliphatic rings. The predicted molar refractivity (Wildman–Crippen MR) is 103 cm³/mol. The molecule has 0 amide bonds. The molecule has 0 bridgehead atoms. The van der Waals surface area contributed by atoms with Crippen molar-refractivity contribution in [1.82, 2.24) is 0 Å². The molecule has 1 nitrogen and oxygen atoms in total. The fourth-order valence-electron chi connectivity index (χ4n) is 3.82. The van der Waals surface area contributed by atoms with Crippen molar-refractivity contribution >= 4 is 22.8 Å². The Morgan fingerprint density at radius 3 is 2.32 bits per heavy atom. The number of hydrogen-bond donors (Lipinski definition) is 1. The summed E-state index contributed by atoms with van der Waals surface area (Å²) in [5, 5.41) is 8.59. The van der Waals surface area contributed by atoms with Crippen molar-refractivity contribution in [3.63, 3.8) is 0 Å². The van der Waals surface area contributed by atoms with E-state index in [4.69, 9.17) is 17.6 Å². The molecule has 0 aliphatic heterocycles. The van der Waals surface area contributed by atoms with Crippen molar-refractivity contribution in [2.45, 2.75) is 41.0 Å². The van der Waals surface area contributed by atoms with Gasteiger partial charge in [0.2, 0.25) is 0 Å². The van der Waals surface area contributed by atoms with Gasteiger partial charge in [0, 0.05) is 28.8 Å². The van der Waals surface area contributed by atoms with Gasteiger partial charge in [-0.05, 0) is 23.8 Å². The fraction of sp³-hybridized carbons (Fsp3) is 0.500. The Kier molecular flexibility index (Phi) is 6.25. The Morgan fingerprint density at radius 1 is 1.32 bits per heavy atom. The second-order valence-electron chi connectivity index (χ2n) is 7.06. The van der Waals surface area contributed by atoms with E-state index in [0.717, 1.165) is 4.86 Å². The maximum Gasteiger partial charge on any atom is 0.0208 e. The molecule has 1 N–H and O–H groups in total. The van der Waals surface area contributed by atoms with Gasteiger partial charge in [-0.3, -0.25) is 0 Å². The third-order valence-electron chi connectivity index (χ3n) is 4.47. The van der Waals surface area contributed by atoms with Gasteiger partial charge in [-0.15, -0.1) is 0 Å². The molecule has 0 heterocycles. The minimum Gasteiger partial charge on any atom is -0.309 e. The van der Waals surface area contributed by atoms with Gasteiger partial charge < -0.3 is 5.41 Å². The smallest absolute Gasteiger partial charge is 0.0208 e. The SMILES string of the molecule is C=CC(=S)CC(=N)C1C(C)C(C(C)(C)C)=C(C=C)C1/C=C/C. The van der Waals surface area contributed by atoms with Crippen molar-refractivity contribution in [2.24, 2.45) is 23.2 Å². The van der Waals surface area contributed by atoms with E-state index in [0.29, 0.717) is 18.1 Å². The van der Waals surface area contributed by atoms with Gasteiger partial charge in [-0.2, -0.15) is 0 Å². The lowest BCUT2D eigenvalue weighted by molar-refractivity contribution is 0.406. The summed E-state index contributed by atoms with van der Waals surface area (Å²) in [7, 11) is 0. The summed E-state index contributed by atoms with van der Waals surface area (Å²) < 4.78 is 0. The van der Waals surface area contributed by atoms with E-state index in [1.165, 1.54) is 11.1 Å².